The molecule has 4 nitrogen and oxygen atoms in total. The van der Waals surface area contributed by atoms with E-state index < -0.39 is 0 Å². The normalized spacial score (nSPS) is 10.3. The van der Waals surface area contributed by atoms with Crippen LogP contribution in [0.1, 0.15) is 12.0 Å². The van der Waals surface area contributed by atoms with Crippen molar-refractivity contribution in [1.29, 1.82) is 0 Å². The maximum atomic E-state index is 13.0. The molecule has 3 aromatic rings. The third-order valence-electron chi connectivity index (χ3n) is 4.37. The molecule has 0 unspecified atom stereocenters. The van der Waals surface area contributed by atoms with Gasteiger partial charge in [0.1, 0.15) is 6.42 Å². The Morgan fingerprint density at radius 1 is 0.667 bits per heavy atom. The van der Waals surface area contributed by atoms with Gasteiger partial charge in [-0.25, -0.2) is 0 Å². The molecule has 0 saturated heterocycles. The monoisotopic (exact) mass is 358 g/mol. The number of rotatable bonds is 6. The molecule has 0 spiro atoms. The van der Waals surface area contributed by atoms with Crippen molar-refractivity contribution in [2.75, 3.05) is 16.8 Å². The molecule has 0 heterocycles. The zero-order valence-electron chi connectivity index (χ0n) is 15.3. The average molecular weight is 358 g/mol. The molecule has 0 radical (unpaired) electrons. The highest BCUT2D eigenvalue weighted by molar-refractivity contribution is 6.09. The topological polar surface area (TPSA) is 40.6 Å². The van der Waals surface area contributed by atoms with Gasteiger partial charge in [-0.05, 0) is 29.8 Å². The van der Waals surface area contributed by atoms with Crippen LogP contribution in [-0.2, 0) is 16.1 Å². The second-order valence-corrected chi connectivity index (χ2v) is 6.27. The second kappa shape index (κ2) is 8.81. The van der Waals surface area contributed by atoms with E-state index in [-0.39, 0.29) is 18.2 Å². The number of nitrogens with zero attached hydrogens (tertiary/aromatic N) is 2. The van der Waals surface area contributed by atoms with Crippen LogP contribution < -0.4 is 9.80 Å². The number of benzene rings is 3. The number of hydrogen-bond donors (Lipinski definition) is 0. The molecule has 0 fully saturated rings. The van der Waals surface area contributed by atoms with E-state index in [1.54, 1.807) is 11.9 Å². The van der Waals surface area contributed by atoms with E-state index in [0.29, 0.717) is 6.54 Å². The van der Waals surface area contributed by atoms with Crippen LogP contribution in [0.25, 0.3) is 0 Å². The predicted molar refractivity (Wildman–Crippen MR) is 109 cm³/mol. The molecule has 0 aliphatic heterocycles. The minimum atomic E-state index is -0.236. The Bertz CT molecular complexity index is 880. The van der Waals surface area contributed by atoms with Crippen molar-refractivity contribution in [1.82, 2.24) is 0 Å². The Labute approximate surface area is 159 Å². The lowest BCUT2D eigenvalue weighted by Gasteiger charge is -2.24. The van der Waals surface area contributed by atoms with Gasteiger partial charge in [-0.15, -0.1) is 0 Å². The molecule has 0 aliphatic carbocycles. The fourth-order valence-electron chi connectivity index (χ4n) is 2.84. The van der Waals surface area contributed by atoms with Crippen LogP contribution in [0.5, 0.6) is 0 Å². The predicted octanol–water partition coefficient (Wildman–Crippen LogP) is 4.27. The van der Waals surface area contributed by atoms with Crippen molar-refractivity contribution in [3.63, 3.8) is 0 Å². The number of hydrogen-bond acceptors (Lipinski definition) is 2. The van der Waals surface area contributed by atoms with E-state index in [1.807, 2.05) is 91.0 Å². The zero-order chi connectivity index (χ0) is 19.1. The largest absolute Gasteiger partial charge is 0.315 e. The summed E-state index contributed by atoms with van der Waals surface area (Å²) in [4.78, 5) is 28.8. The van der Waals surface area contributed by atoms with Gasteiger partial charge >= 0.3 is 0 Å². The standard InChI is InChI=1S/C23H22N2O2/c1-24(20-13-7-3-8-14-20)22(26)17-23(27)25(21-15-9-4-10-16-21)18-19-11-5-2-6-12-19/h2-16H,17-18H2,1H3. The summed E-state index contributed by atoms with van der Waals surface area (Å²) >= 11 is 0. The van der Waals surface area contributed by atoms with Crippen LogP contribution >= 0.6 is 0 Å². The quantitative estimate of drug-likeness (QED) is 0.617. The number of para-hydroxylation sites is 2. The lowest BCUT2D eigenvalue weighted by Crippen LogP contribution is -2.36. The number of anilines is 2. The van der Waals surface area contributed by atoms with Gasteiger partial charge in [0, 0.05) is 18.4 Å². The summed E-state index contributed by atoms with van der Waals surface area (Å²) < 4.78 is 0. The maximum absolute atomic E-state index is 13.0. The Morgan fingerprint density at radius 3 is 1.70 bits per heavy atom. The van der Waals surface area contributed by atoms with E-state index in [2.05, 4.69) is 0 Å². The summed E-state index contributed by atoms with van der Waals surface area (Å²) in [6.07, 6.45) is -0.187. The lowest BCUT2D eigenvalue weighted by atomic mass is 10.1. The van der Waals surface area contributed by atoms with Crippen molar-refractivity contribution in [3.05, 3.63) is 96.6 Å². The van der Waals surface area contributed by atoms with Gasteiger partial charge in [-0.1, -0.05) is 66.7 Å². The average Bonchev–Trinajstić information content (AvgIpc) is 2.73. The minimum absolute atomic E-state index is 0.187. The molecular formula is C23H22N2O2. The molecule has 0 bridgehead atoms. The van der Waals surface area contributed by atoms with E-state index >= 15 is 0 Å². The number of carbonyl (C=O) groups excluding carboxylic acids is 2. The first kappa shape index (κ1) is 18.4. The van der Waals surface area contributed by atoms with E-state index in [0.717, 1.165) is 16.9 Å². The van der Waals surface area contributed by atoms with Gasteiger partial charge < -0.3 is 9.80 Å². The van der Waals surface area contributed by atoms with Crippen molar-refractivity contribution in [3.8, 4) is 0 Å². The fraction of sp³-hybridized carbons (Fsp3) is 0.130. The van der Waals surface area contributed by atoms with Crippen LogP contribution in [0.15, 0.2) is 91.0 Å². The van der Waals surface area contributed by atoms with Gasteiger partial charge in [0.15, 0.2) is 0 Å². The molecule has 0 N–H and O–H groups in total. The van der Waals surface area contributed by atoms with Crippen molar-refractivity contribution in [2.24, 2.45) is 0 Å². The fourth-order valence-corrected chi connectivity index (χ4v) is 2.84. The highest BCUT2D eigenvalue weighted by Gasteiger charge is 2.22. The SMILES string of the molecule is CN(C(=O)CC(=O)N(Cc1ccccc1)c1ccccc1)c1ccccc1. The van der Waals surface area contributed by atoms with E-state index in [9.17, 15) is 9.59 Å². The van der Waals surface area contributed by atoms with Crippen LogP contribution in [0.3, 0.4) is 0 Å². The summed E-state index contributed by atoms with van der Waals surface area (Å²) in [7, 11) is 1.69. The summed E-state index contributed by atoms with van der Waals surface area (Å²) in [5.74, 6) is -0.460. The first-order valence-corrected chi connectivity index (χ1v) is 8.86. The third kappa shape index (κ3) is 4.82. The lowest BCUT2D eigenvalue weighted by molar-refractivity contribution is -0.126. The van der Waals surface area contributed by atoms with Gasteiger partial charge in [-0.3, -0.25) is 9.59 Å². The Morgan fingerprint density at radius 2 is 1.15 bits per heavy atom. The molecular weight excluding hydrogens is 336 g/mol. The highest BCUT2D eigenvalue weighted by Crippen LogP contribution is 2.19. The minimum Gasteiger partial charge on any atom is -0.315 e. The van der Waals surface area contributed by atoms with Gasteiger partial charge in [-0.2, -0.15) is 0 Å². The maximum Gasteiger partial charge on any atom is 0.236 e. The van der Waals surface area contributed by atoms with Gasteiger partial charge in [0.25, 0.3) is 0 Å². The molecule has 0 aromatic heterocycles. The zero-order valence-corrected chi connectivity index (χ0v) is 15.3. The smallest absolute Gasteiger partial charge is 0.236 e. The van der Waals surface area contributed by atoms with Gasteiger partial charge in [0.2, 0.25) is 11.8 Å². The van der Waals surface area contributed by atoms with Gasteiger partial charge in [0.05, 0.1) is 6.54 Å². The molecule has 0 aliphatic rings. The second-order valence-electron chi connectivity index (χ2n) is 6.27. The first-order valence-electron chi connectivity index (χ1n) is 8.86. The highest BCUT2D eigenvalue weighted by atomic mass is 16.2. The molecule has 3 aromatic carbocycles. The molecule has 136 valence electrons. The molecule has 27 heavy (non-hydrogen) atoms. The van der Waals surface area contributed by atoms with E-state index in [4.69, 9.17) is 0 Å². The van der Waals surface area contributed by atoms with E-state index in [1.165, 1.54) is 4.90 Å². The van der Waals surface area contributed by atoms with Crippen LogP contribution in [0, 0.1) is 0 Å². The summed E-state index contributed by atoms with van der Waals surface area (Å²) in [6.45, 7) is 0.423. The van der Waals surface area contributed by atoms with Crippen molar-refractivity contribution >= 4 is 23.2 Å². The van der Waals surface area contributed by atoms with Crippen LogP contribution in [0.4, 0.5) is 11.4 Å². The summed E-state index contributed by atoms with van der Waals surface area (Å²) in [6, 6.07) is 28.5. The molecule has 2 amide bonds. The number of amides is 2. The Balaban J connectivity index is 1.77. The third-order valence-corrected chi connectivity index (χ3v) is 4.37. The summed E-state index contributed by atoms with van der Waals surface area (Å²) in [5.41, 5.74) is 2.56. The molecule has 4 heteroatoms. The molecule has 3 rings (SSSR count). The Hall–Kier alpha value is -3.40. The van der Waals surface area contributed by atoms with Crippen LogP contribution in [-0.4, -0.2) is 18.9 Å². The summed E-state index contributed by atoms with van der Waals surface area (Å²) in [5, 5.41) is 0. The Kier molecular flexibility index (Phi) is 6.00. The van der Waals surface area contributed by atoms with Crippen LogP contribution in [0.2, 0.25) is 0 Å². The molecule has 0 atom stereocenters. The number of carbonyl (C=O) groups is 2. The van der Waals surface area contributed by atoms with Crippen molar-refractivity contribution in [2.45, 2.75) is 13.0 Å². The van der Waals surface area contributed by atoms with Crippen molar-refractivity contribution < 1.29 is 9.59 Å². The molecule has 0 saturated carbocycles. The first-order chi connectivity index (χ1) is 13.1.